The van der Waals surface area contributed by atoms with E-state index in [-0.39, 0.29) is 17.9 Å². The minimum absolute atomic E-state index is 0.153. The lowest BCUT2D eigenvalue weighted by molar-refractivity contribution is -0.117. The number of benzene rings is 2. The quantitative estimate of drug-likeness (QED) is 0.741. The van der Waals surface area contributed by atoms with E-state index in [1.807, 2.05) is 29.2 Å². The van der Waals surface area contributed by atoms with E-state index in [9.17, 15) is 18.4 Å². The molecule has 0 spiro atoms. The summed E-state index contributed by atoms with van der Waals surface area (Å²) in [6, 6.07) is 11.3. The molecule has 164 valence electrons. The predicted octanol–water partition coefficient (Wildman–Crippen LogP) is 3.42. The van der Waals surface area contributed by atoms with E-state index in [1.165, 1.54) is 6.07 Å². The summed E-state index contributed by atoms with van der Waals surface area (Å²) in [5.41, 5.74) is 2.50. The van der Waals surface area contributed by atoms with Gasteiger partial charge in [-0.1, -0.05) is 12.1 Å². The summed E-state index contributed by atoms with van der Waals surface area (Å²) in [5, 5.41) is 5.73. The van der Waals surface area contributed by atoms with E-state index in [0.29, 0.717) is 31.7 Å². The average Bonchev–Trinajstić information content (AvgIpc) is 3.42. The Bertz CT molecular complexity index is 951. The van der Waals surface area contributed by atoms with Gasteiger partial charge in [0.05, 0.1) is 0 Å². The van der Waals surface area contributed by atoms with E-state index in [1.54, 1.807) is 11.0 Å². The molecule has 2 N–H and O–H groups in total. The van der Waals surface area contributed by atoms with E-state index >= 15 is 0 Å². The van der Waals surface area contributed by atoms with Crippen molar-refractivity contribution < 1.29 is 18.4 Å². The number of carbonyl (C=O) groups is 2. The summed E-state index contributed by atoms with van der Waals surface area (Å²) in [6.07, 6.45) is 2.36. The number of anilines is 2. The van der Waals surface area contributed by atoms with Crippen molar-refractivity contribution in [3.8, 4) is 0 Å². The molecule has 0 bridgehead atoms. The van der Waals surface area contributed by atoms with Gasteiger partial charge in [0.2, 0.25) is 5.91 Å². The molecular formula is C23H26F2N4O2. The Morgan fingerprint density at radius 2 is 1.77 bits per heavy atom. The summed E-state index contributed by atoms with van der Waals surface area (Å²) in [5.74, 6) is -1.30. The Morgan fingerprint density at radius 3 is 2.48 bits per heavy atom. The van der Waals surface area contributed by atoms with E-state index in [0.717, 1.165) is 43.2 Å². The van der Waals surface area contributed by atoms with Crippen LogP contribution >= 0.6 is 0 Å². The Labute approximate surface area is 180 Å². The molecule has 2 saturated heterocycles. The van der Waals surface area contributed by atoms with Crippen molar-refractivity contribution in [2.24, 2.45) is 5.92 Å². The summed E-state index contributed by atoms with van der Waals surface area (Å²) < 4.78 is 26.6. The number of urea groups is 1. The lowest BCUT2D eigenvalue weighted by atomic mass is 10.1. The fourth-order valence-corrected chi connectivity index (χ4v) is 4.11. The molecule has 6 nitrogen and oxygen atoms in total. The third-order valence-electron chi connectivity index (χ3n) is 5.88. The molecule has 2 fully saturated rings. The van der Waals surface area contributed by atoms with Gasteiger partial charge in [0, 0.05) is 56.6 Å². The Hall–Kier alpha value is -3.16. The molecule has 4 rings (SSSR count). The molecule has 0 saturated carbocycles. The molecule has 31 heavy (non-hydrogen) atoms. The predicted molar refractivity (Wildman–Crippen MR) is 115 cm³/mol. The maximum Gasteiger partial charge on any atom is 0.315 e. The summed E-state index contributed by atoms with van der Waals surface area (Å²) in [4.78, 5) is 27.7. The van der Waals surface area contributed by atoms with Gasteiger partial charge < -0.3 is 20.4 Å². The maximum absolute atomic E-state index is 13.4. The topological polar surface area (TPSA) is 64.7 Å². The van der Waals surface area contributed by atoms with Gasteiger partial charge in [-0.05, 0) is 48.6 Å². The molecule has 1 unspecified atom stereocenters. The standard InChI is InChI=1S/C23H26F2N4O2/c24-20-8-7-19(12-21(20)25)28-11-9-17(15-28)14-27-23(31)26-13-16-3-5-18(6-4-16)29-10-1-2-22(29)30/h3-8,12,17H,1-2,9-11,13-15H2,(H2,26,27,31). The fraction of sp³-hybridized carbons (Fsp3) is 0.391. The van der Waals surface area contributed by atoms with Gasteiger partial charge in [-0.2, -0.15) is 0 Å². The lowest BCUT2D eigenvalue weighted by Gasteiger charge is -2.19. The van der Waals surface area contributed by atoms with E-state index in [2.05, 4.69) is 10.6 Å². The van der Waals surface area contributed by atoms with Gasteiger partial charge in [-0.25, -0.2) is 13.6 Å². The second-order valence-corrected chi connectivity index (χ2v) is 8.08. The highest BCUT2D eigenvalue weighted by Gasteiger charge is 2.24. The first kappa shape index (κ1) is 21.1. The molecule has 0 aromatic heterocycles. The van der Waals surface area contributed by atoms with Gasteiger partial charge in [0.1, 0.15) is 0 Å². The summed E-state index contributed by atoms with van der Waals surface area (Å²) in [6.45, 7) is 3.09. The number of nitrogens with zero attached hydrogens (tertiary/aromatic N) is 2. The molecule has 2 heterocycles. The Kier molecular flexibility index (Phi) is 6.34. The van der Waals surface area contributed by atoms with E-state index < -0.39 is 11.6 Å². The van der Waals surface area contributed by atoms with Crippen LogP contribution in [0.4, 0.5) is 25.0 Å². The third kappa shape index (κ3) is 5.13. The lowest BCUT2D eigenvalue weighted by Crippen LogP contribution is -2.38. The molecule has 2 aliphatic rings. The zero-order valence-corrected chi connectivity index (χ0v) is 17.2. The molecule has 1 atom stereocenters. The summed E-state index contributed by atoms with van der Waals surface area (Å²) >= 11 is 0. The molecule has 2 aliphatic heterocycles. The van der Waals surface area contributed by atoms with Crippen LogP contribution in [0, 0.1) is 17.6 Å². The normalized spacial score (nSPS) is 18.5. The fourth-order valence-electron chi connectivity index (χ4n) is 4.11. The van der Waals surface area contributed by atoms with Gasteiger partial charge in [0.25, 0.3) is 0 Å². The minimum Gasteiger partial charge on any atom is -0.371 e. The Morgan fingerprint density at radius 1 is 1.00 bits per heavy atom. The molecule has 2 aromatic rings. The van der Waals surface area contributed by atoms with Gasteiger partial charge in [-0.3, -0.25) is 4.79 Å². The summed E-state index contributed by atoms with van der Waals surface area (Å²) in [7, 11) is 0. The zero-order valence-electron chi connectivity index (χ0n) is 17.2. The van der Waals surface area contributed by atoms with Crippen LogP contribution in [0.15, 0.2) is 42.5 Å². The van der Waals surface area contributed by atoms with Crippen molar-refractivity contribution in [3.05, 3.63) is 59.7 Å². The number of nitrogens with one attached hydrogen (secondary N) is 2. The first-order chi connectivity index (χ1) is 15.0. The van der Waals surface area contributed by atoms with Crippen LogP contribution in [0.5, 0.6) is 0 Å². The van der Waals surface area contributed by atoms with Crippen LogP contribution < -0.4 is 20.4 Å². The maximum atomic E-state index is 13.4. The smallest absolute Gasteiger partial charge is 0.315 e. The van der Waals surface area contributed by atoms with Crippen molar-refractivity contribution in [1.82, 2.24) is 10.6 Å². The molecule has 0 radical (unpaired) electrons. The van der Waals surface area contributed by atoms with Crippen molar-refractivity contribution in [1.29, 1.82) is 0 Å². The zero-order chi connectivity index (χ0) is 21.8. The molecule has 8 heteroatoms. The number of hydrogen-bond acceptors (Lipinski definition) is 3. The SMILES string of the molecule is O=C(NCc1ccc(N2CCCC2=O)cc1)NCC1CCN(c2ccc(F)c(F)c2)C1. The second-order valence-electron chi connectivity index (χ2n) is 8.08. The number of rotatable bonds is 6. The van der Waals surface area contributed by atoms with Crippen LogP contribution in [0.1, 0.15) is 24.8 Å². The highest BCUT2D eigenvalue weighted by Crippen LogP contribution is 2.25. The second kappa shape index (κ2) is 9.32. The van der Waals surface area contributed by atoms with Crippen molar-refractivity contribution >= 4 is 23.3 Å². The van der Waals surface area contributed by atoms with E-state index in [4.69, 9.17) is 0 Å². The first-order valence-corrected chi connectivity index (χ1v) is 10.6. The van der Waals surface area contributed by atoms with Crippen molar-refractivity contribution in [3.63, 3.8) is 0 Å². The van der Waals surface area contributed by atoms with Crippen LogP contribution in [0.3, 0.4) is 0 Å². The van der Waals surface area contributed by atoms with Crippen LogP contribution in [0.2, 0.25) is 0 Å². The Balaban J connectivity index is 1.19. The third-order valence-corrected chi connectivity index (χ3v) is 5.88. The molecule has 2 aromatic carbocycles. The van der Waals surface area contributed by atoms with Gasteiger partial charge in [-0.15, -0.1) is 0 Å². The average molecular weight is 428 g/mol. The number of halogens is 2. The van der Waals surface area contributed by atoms with Crippen LogP contribution in [-0.2, 0) is 11.3 Å². The number of amides is 3. The van der Waals surface area contributed by atoms with Crippen molar-refractivity contribution in [2.75, 3.05) is 36.0 Å². The number of carbonyl (C=O) groups excluding carboxylic acids is 2. The van der Waals surface area contributed by atoms with Crippen LogP contribution in [0.25, 0.3) is 0 Å². The van der Waals surface area contributed by atoms with Crippen LogP contribution in [-0.4, -0.2) is 38.1 Å². The highest BCUT2D eigenvalue weighted by atomic mass is 19.2. The van der Waals surface area contributed by atoms with Crippen molar-refractivity contribution in [2.45, 2.75) is 25.8 Å². The highest BCUT2D eigenvalue weighted by molar-refractivity contribution is 5.95. The monoisotopic (exact) mass is 428 g/mol. The minimum atomic E-state index is -0.850. The van der Waals surface area contributed by atoms with Gasteiger partial charge >= 0.3 is 6.03 Å². The first-order valence-electron chi connectivity index (χ1n) is 10.6. The largest absolute Gasteiger partial charge is 0.371 e. The molecule has 3 amide bonds. The molecule has 0 aliphatic carbocycles. The van der Waals surface area contributed by atoms with Gasteiger partial charge in [0.15, 0.2) is 11.6 Å². The number of hydrogen-bond donors (Lipinski definition) is 2. The molecular weight excluding hydrogens is 402 g/mol.